The maximum Gasteiger partial charge on any atom is 0.0704 e. The van der Waals surface area contributed by atoms with Crippen molar-refractivity contribution in [3.63, 3.8) is 0 Å². The summed E-state index contributed by atoms with van der Waals surface area (Å²) in [6.45, 7) is 8.64. The van der Waals surface area contributed by atoms with E-state index >= 15 is 0 Å². The van der Waals surface area contributed by atoms with E-state index in [0.717, 1.165) is 12.8 Å². The van der Waals surface area contributed by atoms with Crippen LogP contribution in [0.4, 0.5) is 0 Å². The van der Waals surface area contributed by atoms with Crippen LogP contribution in [0.15, 0.2) is 12.7 Å². The van der Waals surface area contributed by atoms with E-state index in [-0.39, 0.29) is 6.61 Å². The van der Waals surface area contributed by atoms with Gasteiger partial charge >= 0.3 is 0 Å². The predicted octanol–water partition coefficient (Wildman–Crippen LogP) is 3.33. The van der Waals surface area contributed by atoms with Crippen LogP contribution in [0, 0.1) is 0 Å². The summed E-state index contributed by atoms with van der Waals surface area (Å²) < 4.78 is 16.2. The second kappa shape index (κ2) is 17.6. The van der Waals surface area contributed by atoms with Crippen molar-refractivity contribution in [2.24, 2.45) is 0 Å². The van der Waals surface area contributed by atoms with E-state index in [1.165, 1.54) is 32.1 Å². The highest BCUT2D eigenvalue weighted by molar-refractivity contribution is 4.65. The van der Waals surface area contributed by atoms with E-state index in [4.69, 9.17) is 19.3 Å². The minimum Gasteiger partial charge on any atom is -0.394 e. The number of hydrogen-bond acceptors (Lipinski definition) is 4. The Labute approximate surface area is 130 Å². The van der Waals surface area contributed by atoms with Crippen LogP contribution in [0.2, 0.25) is 0 Å². The zero-order chi connectivity index (χ0) is 15.6. The molecule has 0 bridgehead atoms. The first-order valence-electron chi connectivity index (χ1n) is 8.30. The number of aliphatic hydroxyl groups excluding tert-OH is 1. The van der Waals surface area contributed by atoms with Gasteiger partial charge in [-0.05, 0) is 26.2 Å². The molecule has 0 aromatic carbocycles. The quantitative estimate of drug-likeness (QED) is 0.331. The summed E-state index contributed by atoms with van der Waals surface area (Å²) in [4.78, 5) is 0. The SMILES string of the molecule is C=CCCCCCCCC(C)OCCOCCOCCO. The minimum absolute atomic E-state index is 0.0644. The molecule has 0 aromatic rings. The van der Waals surface area contributed by atoms with Gasteiger partial charge in [0.25, 0.3) is 0 Å². The van der Waals surface area contributed by atoms with Crippen LogP contribution in [0.3, 0.4) is 0 Å². The van der Waals surface area contributed by atoms with E-state index in [1.54, 1.807) is 0 Å². The molecule has 1 unspecified atom stereocenters. The Kier molecular flexibility index (Phi) is 17.3. The molecule has 0 radical (unpaired) electrons. The zero-order valence-corrected chi connectivity index (χ0v) is 13.7. The fraction of sp³-hybridized carbons (Fsp3) is 0.882. The van der Waals surface area contributed by atoms with Crippen LogP contribution in [0.5, 0.6) is 0 Å². The van der Waals surface area contributed by atoms with Crippen LogP contribution in [0.1, 0.15) is 51.9 Å². The lowest BCUT2D eigenvalue weighted by Gasteiger charge is -2.13. The second-order valence-electron chi connectivity index (χ2n) is 5.26. The number of hydrogen-bond donors (Lipinski definition) is 1. The van der Waals surface area contributed by atoms with Crippen molar-refractivity contribution in [1.29, 1.82) is 0 Å². The Bertz CT molecular complexity index is 209. The normalized spacial score (nSPS) is 12.5. The number of unbranched alkanes of at least 4 members (excludes halogenated alkanes) is 5. The van der Waals surface area contributed by atoms with Gasteiger partial charge in [0.05, 0.1) is 45.7 Å². The van der Waals surface area contributed by atoms with Crippen molar-refractivity contribution in [2.45, 2.75) is 58.0 Å². The zero-order valence-electron chi connectivity index (χ0n) is 13.7. The van der Waals surface area contributed by atoms with Crippen molar-refractivity contribution < 1.29 is 19.3 Å². The lowest BCUT2D eigenvalue weighted by Crippen LogP contribution is -2.15. The fourth-order valence-corrected chi connectivity index (χ4v) is 2.03. The standard InChI is InChI=1S/C17H34O4/c1-3-4-5-6-7-8-9-10-17(2)21-16-15-20-14-13-19-12-11-18/h3,17-18H,1,4-16H2,2H3. The number of ether oxygens (including phenoxy) is 3. The van der Waals surface area contributed by atoms with Crippen molar-refractivity contribution in [3.8, 4) is 0 Å². The highest BCUT2D eigenvalue weighted by Gasteiger charge is 2.01. The van der Waals surface area contributed by atoms with Gasteiger partial charge in [0, 0.05) is 0 Å². The third-order valence-corrected chi connectivity index (χ3v) is 3.26. The third-order valence-electron chi connectivity index (χ3n) is 3.26. The number of rotatable bonds is 17. The summed E-state index contributed by atoms with van der Waals surface area (Å²) in [6, 6.07) is 0. The Morgan fingerprint density at radius 1 is 0.905 bits per heavy atom. The average Bonchev–Trinajstić information content (AvgIpc) is 2.49. The molecule has 1 N–H and O–H groups in total. The molecule has 0 aliphatic carbocycles. The lowest BCUT2D eigenvalue weighted by atomic mass is 10.1. The fourth-order valence-electron chi connectivity index (χ4n) is 2.03. The van der Waals surface area contributed by atoms with Crippen LogP contribution in [-0.4, -0.2) is 50.9 Å². The summed E-state index contributed by atoms with van der Waals surface area (Å²) >= 11 is 0. The Morgan fingerprint density at radius 3 is 2.24 bits per heavy atom. The molecule has 0 aliphatic rings. The number of aliphatic hydroxyl groups is 1. The molecule has 0 aromatic heterocycles. The van der Waals surface area contributed by atoms with Gasteiger partial charge in [0.1, 0.15) is 0 Å². The molecular weight excluding hydrogens is 268 g/mol. The molecule has 0 amide bonds. The van der Waals surface area contributed by atoms with Crippen LogP contribution in [0.25, 0.3) is 0 Å². The van der Waals surface area contributed by atoms with Gasteiger partial charge in [-0.1, -0.05) is 31.8 Å². The lowest BCUT2D eigenvalue weighted by molar-refractivity contribution is -0.0121. The van der Waals surface area contributed by atoms with Gasteiger partial charge < -0.3 is 19.3 Å². The molecule has 0 saturated carbocycles. The minimum atomic E-state index is 0.0644. The van der Waals surface area contributed by atoms with E-state index in [9.17, 15) is 0 Å². The van der Waals surface area contributed by atoms with Crippen molar-refractivity contribution in [2.75, 3.05) is 39.6 Å². The second-order valence-corrected chi connectivity index (χ2v) is 5.26. The van der Waals surface area contributed by atoms with Crippen LogP contribution < -0.4 is 0 Å². The maximum absolute atomic E-state index is 8.52. The first-order valence-corrected chi connectivity index (χ1v) is 8.30. The van der Waals surface area contributed by atoms with Gasteiger partial charge in [0.15, 0.2) is 0 Å². The maximum atomic E-state index is 8.52. The monoisotopic (exact) mass is 302 g/mol. The molecule has 21 heavy (non-hydrogen) atoms. The first-order chi connectivity index (χ1) is 10.3. The van der Waals surface area contributed by atoms with Gasteiger partial charge in [0.2, 0.25) is 0 Å². The topological polar surface area (TPSA) is 47.9 Å². The number of allylic oxidation sites excluding steroid dienone is 1. The van der Waals surface area contributed by atoms with Crippen molar-refractivity contribution in [3.05, 3.63) is 12.7 Å². The van der Waals surface area contributed by atoms with Gasteiger partial charge in [-0.15, -0.1) is 6.58 Å². The molecule has 0 spiro atoms. The molecule has 0 aliphatic heterocycles. The van der Waals surface area contributed by atoms with E-state index in [1.807, 2.05) is 6.08 Å². The summed E-state index contributed by atoms with van der Waals surface area (Å²) in [5.41, 5.74) is 0. The average molecular weight is 302 g/mol. The Hall–Kier alpha value is -0.420. The molecule has 0 saturated heterocycles. The largest absolute Gasteiger partial charge is 0.394 e. The van der Waals surface area contributed by atoms with Gasteiger partial charge in [-0.25, -0.2) is 0 Å². The summed E-state index contributed by atoms with van der Waals surface area (Å²) in [5.74, 6) is 0. The van der Waals surface area contributed by atoms with E-state index < -0.39 is 0 Å². The summed E-state index contributed by atoms with van der Waals surface area (Å²) in [6.07, 6.45) is 11.0. The predicted molar refractivity (Wildman–Crippen MR) is 86.7 cm³/mol. The first kappa shape index (κ1) is 20.6. The molecule has 0 heterocycles. The Balaban J connectivity index is 3.12. The molecule has 1 atom stereocenters. The van der Waals surface area contributed by atoms with E-state index in [2.05, 4.69) is 13.5 Å². The van der Waals surface area contributed by atoms with Crippen LogP contribution in [-0.2, 0) is 14.2 Å². The van der Waals surface area contributed by atoms with E-state index in [0.29, 0.717) is 39.1 Å². The molecule has 0 rings (SSSR count). The molecule has 4 heteroatoms. The molecule has 4 nitrogen and oxygen atoms in total. The van der Waals surface area contributed by atoms with Crippen LogP contribution >= 0.6 is 0 Å². The smallest absolute Gasteiger partial charge is 0.0704 e. The van der Waals surface area contributed by atoms with Crippen molar-refractivity contribution >= 4 is 0 Å². The highest BCUT2D eigenvalue weighted by atomic mass is 16.5. The Morgan fingerprint density at radius 2 is 1.52 bits per heavy atom. The molecule has 0 fully saturated rings. The summed E-state index contributed by atoms with van der Waals surface area (Å²) in [7, 11) is 0. The van der Waals surface area contributed by atoms with Gasteiger partial charge in [-0.2, -0.15) is 0 Å². The molecular formula is C17H34O4. The third kappa shape index (κ3) is 17.5. The van der Waals surface area contributed by atoms with Gasteiger partial charge in [-0.3, -0.25) is 0 Å². The van der Waals surface area contributed by atoms with Crippen molar-refractivity contribution in [1.82, 2.24) is 0 Å². The highest BCUT2D eigenvalue weighted by Crippen LogP contribution is 2.10. The molecule has 126 valence electrons. The summed E-state index contributed by atoms with van der Waals surface area (Å²) in [5, 5.41) is 8.52.